The van der Waals surface area contributed by atoms with Gasteiger partial charge in [0, 0.05) is 17.3 Å². The molecule has 0 amide bonds. The molecule has 0 bridgehead atoms. The Bertz CT molecular complexity index is 732. The standard InChI is InChI=1S/C14H17NO4S/c1-10-8-15(20(3,17)18)12(9-16)14(10)11-6-4-5-7-13(11)19-2/h4-8,16H,9H2,1-3H3. The maximum atomic E-state index is 11.8. The summed E-state index contributed by atoms with van der Waals surface area (Å²) in [4.78, 5) is 0. The van der Waals surface area contributed by atoms with Gasteiger partial charge in [-0.15, -0.1) is 0 Å². The van der Waals surface area contributed by atoms with Crippen molar-refractivity contribution >= 4 is 10.0 Å². The van der Waals surface area contributed by atoms with E-state index in [1.807, 2.05) is 25.1 Å². The van der Waals surface area contributed by atoms with E-state index in [4.69, 9.17) is 4.74 Å². The molecule has 1 aromatic carbocycles. The van der Waals surface area contributed by atoms with Gasteiger partial charge in [-0.3, -0.25) is 0 Å². The summed E-state index contributed by atoms with van der Waals surface area (Å²) in [5, 5.41) is 9.57. The maximum absolute atomic E-state index is 11.8. The van der Waals surface area contributed by atoms with Gasteiger partial charge in [0.15, 0.2) is 0 Å². The summed E-state index contributed by atoms with van der Waals surface area (Å²) in [6, 6.07) is 7.32. The second-order valence-corrected chi connectivity index (χ2v) is 6.41. The number of aromatic nitrogens is 1. The third-order valence-electron chi connectivity index (χ3n) is 3.14. The van der Waals surface area contributed by atoms with E-state index in [1.165, 1.54) is 6.20 Å². The zero-order valence-electron chi connectivity index (χ0n) is 11.6. The fraction of sp³-hybridized carbons (Fsp3) is 0.286. The van der Waals surface area contributed by atoms with Crippen molar-refractivity contribution in [2.45, 2.75) is 13.5 Å². The summed E-state index contributed by atoms with van der Waals surface area (Å²) in [5.41, 5.74) is 2.56. The smallest absolute Gasteiger partial charge is 0.235 e. The van der Waals surface area contributed by atoms with Crippen molar-refractivity contribution in [1.82, 2.24) is 3.97 Å². The first-order chi connectivity index (χ1) is 9.40. The molecule has 1 aromatic heterocycles. The third kappa shape index (κ3) is 2.44. The predicted octanol–water partition coefficient (Wildman–Crippen LogP) is 1.77. The van der Waals surface area contributed by atoms with Crippen LogP contribution < -0.4 is 4.74 Å². The van der Waals surface area contributed by atoms with Crippen LogP contribution in [0.2, 0.25) is 0 Å². The van der Waals surface area contributed by atoms with Gasteiger partial charge in [-0.1, -0.05) is 18.2 Å². The van der Waals surface area contributed by atoms with Crippen LogP contribution in [0.5, 0.6) is 5.75 Å². The van der Waals surface area contributed by atoms with Crippen molar-refractivity contribution in [2.75, 3.05) is 13.4 Å². The highest BCUT2D eigenvalue weighted by molar-refractivity contribution is 7.89. The Kier molecular flexibility index (Phi) is 3.87. The largest absolute Gasteiger partial charge is 0.496 e. The van der Waals surface area contributed by atoms with E-state index in [1.54, 1.807) is 13.2 Å². The molecule has 6 heteroatoms. The molecule has 1 heterocycles. The number of aliphatic hydroxyl groups is 1. The number of para-hydroxylation sites is 1. The number of nitrogens with zero attached hydrogens (tertiary/aromatic N) is 1. The minimum Gasteiger partial charge on any atom is -0.496 e. The molecule has 5 nitrogen and oxygen atoms in total. The number of hydrogen-bond donors (Lipinski definition) is 1. The molecule has 0 saturated heterocycles. The Labute approximate surface area is 118 Å². The molecule has 0 aliphatic carbocycles. The van der Waals surface area contributed by atoms with Gasteiger partial charge in [0.1, 0.15) is 5.75 Å². The average Bonchev–Trinajstić information content (AvgIpc) is 2.75. The van der Waals surface area contributed by atoms with Crippen LogP contribution in [0.3, 0.4) is 0 Å². The Hall–Kier alpha value is -1.79. The highest BCUT2D eigenvalue weighted by Gasteiger charge is 2.21. The zero-order chi connectivity index (χ0) is 14.9. The Balaban J connectivity index is 2.78. The number of ether oxygens (including phenoxy) is 1. The molecule has 2 rings (SSSR count). The summed E-state index contributed by atoms with van der Waals surface area (Å²) < 4.78 is 30.0. The van der Waals surface area contributed by atoms with Gasteiger partial charge < -0.3 is 9.84 Å². The van der Waals surface area contributed by atoms with Crippen molar-refractivity contribution in [3.8, 4) is 16.9 Å². The summed E-state index contributed by atoms with van der Waals surface area (Å²) in [5.74, 6) is 0.636. The van der Waals surface area contributed by atoms with Crippen molar-refractivity contribution in [2.24, 2.45) is 0 Å². The molecular weight excluding hydrogens is 278 g/mol. The van der Waals surface area contributed by atoms with Crippen molar-refractivity contribution in [1.29, 1.82) is 0 Å². The first-order valence-electron chi connectivity index (χ1n) is 6.05. The van der Waals surface area contributed by atoms with Crippen LogP contribution in [-0.4, -0.2) is 30.9 Å². The Morgan fingerprint density at radius 2 is 1.95 bits per heavy atom. The molecular formula is C14H17NO4S. The molecule has 0 saturated carbocycles. The maximum Gasteiger partial charge on any atom is 0.235 e. The molecule has 0 fully saturated rings. The normalized spacial score (nSPS) is 11.6. The van der Waals surface area contributed by atoms with E-state index in [-0.39, 0.29) is 6.61 Å². The molecule has 108 valence electrons. The fourth-order valence-corrected chi connectivity index (χ4v) is 3.22. The Morgan fingerprint density at radius 3 is 2.50 bits per heavy atom. The van der Waals surface area contributed by atoms with E-state index in [2.05, 4.69) is 0 Å². The number of hydrogen-bond acceptors (Lipinski definition) is 4. The van der Waals surface area contributed by atoms with Crippen LogP contribution in [-0.2, 0) is 16.6 Å². The Morgan fingerprint density at radius 1 is 1.30 bits per heavy atom. The number of aliphatic hydroxyl groups excluding tert-OH is 1. The zero-order valence-corrected chi connectivity index (χ0v) is 12.4. The first-order valence-corrected chi connectivity index (χ1v) is 7.90. The monoisotopic (exact) mass is 295 g/mol. The second kappa shape index (κ2) is 5.30. The van der Waals surface area contributed by atoms with Gasteiger partial charge in [0.05, 0.1) is 25.7 Å². The van der Waals surface area contributed by atoms with Crippen LogP contribution in [0, 0.1) is 6.92 Å². The van der Waals surface area contributed by atoms with Gasteiger partial charge in [0.2, 0.25) is 10.0 Å². The van der Waals surface area contributed by atoms with E-state index in [0.29, 0.717) is 17.0 Å². The van der Waals surface area contributed by atoms with Crippen molar-refractivity contribution in [3.63, 3.8) is 0 Å². The lowest BCUT2D eigenvalue weighted by atomic mass is 10.0. The lowest BCUT2D eigenvalue weighted by molar-refractivity contribution is 0.276. The van der Waals surface area contributed by atoms with Crippen molar-refractivity contribution < 1.29 is 18.3 Å². The lowest BCUT2D eigenvalue weighted by Gasteiger charge is -2.11. The minimum absolute atomic E-state index is 0.342. The van der Waals surface area contributed by atoms with E-state index < -0.39 is 10.0 Å². The highest BCUT2D eigenvalue weighted by atomic mass is 32.2. The van der Waals surface area contributed by atoms with Crippen LogP contribution in [0.25, 0.3) is 11.1 Å². The molecule has 0 spiro atoms. The molecule has 20 heavy (non-hydrogen) atoms. The first kappa shape index (κ1) is 14.6. The number of aryl methyl sites for hydroxylation is 1. The number of methoxy groups -OCH3 is 1. The molecule has 0 aliphatic heterocycles. The summed E-state index contributed by atoms with van der Waals surface area (Å²) in [6.07, 6.45) is 2.63. The SMILES string of the molecule is COc1ccccc1-c1c(C)cn(S(C)(=O)=O)c1CO. The molecule has 0 aliphatic rings. The van der Waals surface area contributed by atoms with E-state index >= 15 is 0 Å². The van der Waals surface area contributed by atoms with E-state index in [0.717, 1.165) is 21.4 Å². The molecule has 1 N–H and O–H groups in total. The topological polar surface area (TPSA) is 68.5 Å². The van der Waals surface area contributed by atoms with Crippen LogP contribution in [0.4, 0.5) is 0 Å². The lowest BCUT2D eigenvalue weighted by Crippen LogP contribution is -2.12. The van der Waals surface area contributed by atoms with Crippen LogP contribution in [0.15, 0.2) is 30.5 Å². The number of rotatable bonds is 4. The molecule has 2 aromatic rings. The van der Waals surface area contributed by atoms with Crippen molar-refractivity contribution in [3.05, 3.63) is 41.7 Å². The second-order valence-electron chi connectivity index (χ2n) is 4.55. The van der Waals surface area contributed by atoms with Crippen LogP contribution >= 0.6 is 0 Å². The average molecular weight is 295 g/mol. The summed E-state index contributed by atoms with van der Waals surface area (Å²) in [6.45, 7) is 1.44. The molecule has 0 unspecified atom stereocenters. The molecule has 0 atom stereocenters. The van der Waals surface area contributed by atoms with Gasteiger partial charge >= 0.3 is 0 Å². The van der Waals surface area contributed by atoms with Gasteiger partial charge in [-0.05, 0) is 18.6 Å². The quantitative estimate of drug-likeness (QED) is 0.933. The summed E-state index contributed by atoms with van der Waals surface area (Å²) in [7, 11) is -1.90. The van der Waals surface area contributed by atoms with Gasteiger partial charge in [-0.2, -0.15) is 0 Å². The summed E-state index contributed by atoms with van der Waals surface area (Å²) >= 11 is 0. The minimum atomic E-state index is -3.46. The third-order valence-corrected chi connectivity index (χ3v) is 4.18. The molecule has 0 radical (unpaired) electrons. The van der Waals surface area contributed by atoms with Gasteiger partial charge in [0.25, 0.3) is 0 Å². The van der Waals surface area contributed by atoms with E-state index in [9.17, 15) is 13.5 Å². The highest BCUT2D eigenvalue weighted by Crippen LogP contribution is 2.36. The predicted molar refractivity (Wildman–Crippen MR) is 77.3 cm³/mol. The van der Waals surface area contributed by atoms with Crippen LogP contribution in [0.1, 0.15) is 11.3 Å². The number of benzene rings is 1. The van der Waals surface area contributed by atoms with Gasteiger partial charge in [-0.25, -0.2) is 12.4 Å². The fourth-order valence-electron chi connectivity index (χ4n) is 2.32.